The van der Waals surface area contributed by atoms with Crippen LogP contribution in [0.4, 0.5) is 10.2 Å². The fourth-order valence-electron chi connectivity index (χ4n) is 3.67. The summed E-state index contributed by atoms with van der Waals surface area (Å²) in [5.74, 6) is -0.909. The van der Waals surface area contributed by atoms with E-state index in [0.29, 0.717) is 22.6 Å². The van der Waals surface area contributed by atoms with Gasteiger partial charge < -0.3 is 11.1 Å². The largest absolute Gasteiger partial charge is 0.382 e. The Bertz CT molecular complexity index is 1530. The van der Waals surface area contributed by atoms with Crippen LogP contribution in [0.25, 0.3) is 33.5 Å². The Morgan fingerprint density at radius 2 is 1.94 bits per heavy atom. The van der Waals surface area contributed by atoms with Gasteiger partial charge in [-0.2, -0.15) is 5.10 Å². The molecule has 2 aromatic carbocycles. The molecule has 0 saturated heterocycles. The highest BCUT2D eigenvalue weighted by atomic mass is 19.1. The summed E-state index contributed by atoms with van der Waals surface area (Å²) < 4.78 is 15.1. The summed E-state index contributed by atoms with van der Waals surface area (Å²) in [6.45, 7) is 0.122. The van der Waals surface area contributed by atoms with E-state index in [4.69, 9.17) is 5.73 Å². The van der Waals surface area contributed by atoms with E-state index in [1.54, 1.807) is 42.3 Å². The number of nitrogens with two attached hydrogens (primary N) is 1. The number of nitrogen functional groups attached to an aromatic ring is 1. The summed E-state index contributed by atoms with van der Waals surface area (Å²) in [5.41, 5.74) is 9.84. The van der Waals surface area contributed by atoms with Gasteiger partial charge in [0.1, 0.15) is 17.2 Å². The molecule has 0 bridgehead atoms. The normalized spacial score (nSPS) is 11.0. The molecule has 1 amide bonds. The number of hydrogen-bond donors (Lipinski definition) is 2. The van der Waals surface area contributed by atoms with Gasteiger partial charge in [0.15, 0.2) is 11.5 Å². The molecule has 3 aromatic heterocycles. The average molecular weight is 453 g/mol. The maximum atomic E-state index is 13.5. The van der Waals surface area contributed by atoms with E-state index in [-0.39, 0.29) is 23.9 Å². The van der Waals surface area contributed by atoms with Crippen molar-refractivity contribution < 1.29 is 9.18 Å². The van der Waals surface area contributed by atoms with E-state index in [1.165, 1.54) is 12.1 Å². The minimum atomic E-state index is -0.509. The maximum Gasteiger partial charge on any atom is 0.274 e. The molecule has 0 saturated carbocycles. The van der Waals surface area contributed by atoms with Crippen molar-refractivity contribution in [3.8, 4) is 22.6 Å². The summed E-state index contributed by atoms with van der Waals surface area (Å²) in [4.78, 5) is 26.4. The number of benzene rings is 2. The van der Waals surface area contributed by atoms with Crippen LogP contribution < -0.4 is 11.1 Å². The summed E-state index contributed by atoms with van der Waals surface area (Å²) >= 11 is 0. The third kappa shape index (κ3) is 4.18. The van der Waals surface area contributed by atoms with Gasteiger partial charge in [-0.25, -0.2) is 14.4 Å². The van der Waals surface area contributed by atoms with Gasteiger partial charge >= 0.3 is 0 Å². The standard InChI is InChI=1S/C25H20FN7O/c1-33-11-9-20(32-33)22-21(17-7-8-19-16(13-17)5-3-10-28-19)30-23(24(27)31-22)25(34)29-14-15-4-2-6-18(26)12-15/h2-13H,14H2,1H3,(H2,27,31)(H,29,34). The number of halogens is 1. The Labute approximate surface area is 194 Å². The minimum Gasteiger partial charge on any atom is -0.382 e. The monoisotopic (exact) mass is 453 g/mol. The van der Waals surface area contributed by atoms with Gasteiger partial charge in [-0.05, 0) is 42.0 Å². The summed E-state index contributed by atoms with van der Waals surface area (Å²) in [6, 6.07) is 17.3. The Morgan fingerprint density at radius 1 is 1.06 bits per heavy atom. The number of carbonyl (C=O) groups is 1. The number of aryl methyl sites for hydroxylation is 1. The molecule has 0 aliphatic carbocycles. The quantitative estimate of drug-likeness (QED) is 0.419. The number of amides is 1. The van der Waals surface area contributed by atoms with Gasteiger partial charge in [-0.1, -0.05) is 24.3 Å². The van der Waals surface area contributed by atoms with Gasteiger partial charge in [0.25, 0.3) is 5.91 Å². The predicted molar refractivity (Wildman–Crippen MR) is 127 cm³/mol. The number of anilines is 1. The molecule has 0 aliphatic rings. The molecule has 34 heavy (non-hydrogen) atoms. The molecule has 9 heteroatoms. The Kier molecular flexibility index (Phi) is 5.43. The molecule has 5 aromatic rings. The Hall–Kier alpha value is -4.66. The molecule has 0 aliphatic heterocycles. The molecule has 0 unspecified atom stereocenters. The summed E-state index contributed by atoms with van der Waals surface area (Å²) in [6.07, 6.45) is 3.52. The van der Waals surface area contributed by atoms with Crippen molar-refractivity contribution in [3.63, 3.8) is 0 Å². The molecule has 3 N–H and O–H groups in total. The number of carbonyl (C=O) groups excluding carboxylic acids is 1. The zero-order valence-corrected chi connectivity index (χ0v) is 18.2. The zero-order chi connectivity index (χ0) is 23.7. The van der Waals surface area contributed by atoms with Crippen LogP contribution >= 0.6 is 0 Å². The highest BCUT2D eigenvalue weighted by Gasteiger charge is 2.21. The Balaban J connectivity index is 1.57. The second-order valence-electron chi connectivity index (χ2n) is 7.75. The van der Waals surface area contributed by atoms with Crippen LogP contribution in [0.1, 0.15) is 16.1 Å². The van der Waals surface area contributed by atoms with Crippen molar-refractivity contribution >= 4 is 22.6 Å². The highest BCUT2D eigenvalue weighted by molar-refractivity contribution is 5.98. The first-order valence-corrected chi connectivity index (χ1v) is 10.5. The molecule has 168 valence electrons. The van der Waals surface area contributed by atoms with Crippen molar-refractivity contribution in [3.05, 3.63) is 90.1 Å². The lowest BCUT2D eigenvalue weighted by atomic mass is 10.0. The lowest BCUT2D eigenvalue weighted by Crippen LogP contribution is -2.26. The number of hydrogen-bond acceptors (Lipinski definition) is 6. The van der Waals surface area contributed by atoms with E-state index in [1.807, 2.05) is 30.3 Å². The third-order valence-electron chi connectivity index (χ3n) is 5.31. The van der Waals surface area contributed by atoms with E-state index in [2.05, 4.69) is 25.4 Å². The van der Waals surface area contributed by atoms with Crippen molar-refractivity contribution in [1.82, 2.24) is 30.0 Å². The van der Waals surface area contributed by atoms with Crippen LogP contribution in [0, 0.1) is 5.82 Å². The fraction of sp³-hybridized carbons (Fsp3) is 0.0800. The molecule has 3 heterocycles. The first kappa shape index (κ1) is 21.2. The summed E-state index contributed by atoms with van der Waals surface area (Å²) in [7, 11) is 1.80. The van der Waals surface area contributed by atoms with Crippen LogP contribution in [0.5, 0.6) is 0 Å². The number of fused-ring (bicyclic) bond motifs is 1. The van der Waals surface area contributed by atoms with Crippen molar-refractivity contribution in [2.24, 2.45) is 7.05 Å². The van der Waals surface area contributed by atoms with E-state index < -0.39 is 5.91 Å². The first-order valence-electron chi connectivity index (χ1n) is 10.5. The molecule has 8 nitrogen and oxygen atoms in total. The third-order valence-corrected chi connectivity index (χ3v) is 5.31. The van der Waals surface area contributed by atoms with Gasteiger partial charge in [0.05, 0.1) is 11.2 Å². The number of nitrogens with zero attached hydrogens (tertiary/aromatic N) is 5. The van der Waals surface area contributed by atoms with Crippen molar-refractivity contribution in [1.29, 1.82) is 0 Å². The fourth-order valence-corrected chi connectivity index (χ4v) is 3.67. The molecular weight excluding hydrogens is 433 g/mol. The highest BCUT2D eigenvalue weighted by Crippen LogP contribution is 2.31. The SMILES string of the molecule is Cn1ccc(-c2nc(N)c(C(=O)NCc3cccc(F)c3)nc2-c2ccc3ncccc3c2)n1. The zero-order valence-electron chi connectivity index (χ0n) is 18.2. The van der Waals surface area contributed by atoms with Crippen LogP contribution in [0.15, 0.2) is 73.1 Å². The van der Waals surface area contributed by atoms with Gasteiger partial charge in [0.2, 0.25) is 0 Å². The number of pyridine rings is 1. The predicted octanol–water partition coefficient (Wildman–Crippen LogP) is 3.74. The molecular formula is C25H20FN7O. The van der Waals surface area contributed by atoms with Crippen LogP contribution in [-0.4, -0.2) is 30.6 Å². The first-order chi connectivity index (χ1) is 16.5. The second-order valence-corrected chi connectivity index (χ2v) is 7.75. The van der Waals surface area contributed by atoms with Gasteiger partial charge in [0, 0.05) is 36.9 Å². The van der Waals surface area contributed by atoms with E-state index >= 15 is 0 Å². The maximum absolute atomic E-state index is 13.5. The van der Waals surface area contributed by atoms with Crippen LogP contribution in [-0.2, 0) is 13.6 Å². The lowest BCUT2D eigenvalue weighted by Gasteiger charge is -2.12. The minimum absolute atomic E-state index is 0.0163. The average Bonchev–Trinajstić information content (AvgIpc) is 3.28. The van der Waals surface area contributed by atoms with Gasteiger partial charge in [-0.3, -0.25) is 14.5 Å². The van der Waals surface area contributed by atoms with Crippen LogP contribution in [0.3, 0.4) is 0 Å². The molecule has 0 spiro atoms. The van der Waals surface area contributed by atoms with Crippen molar-refractivity contribution in [2.45, 2.75) is 6.54 Å². The molecule has 0 fully saturated rings. The number of nitrogens with one attached hydrogen (secondary N) is 1. The van der Waals surface area contributed by atoms with E-state index in [9.17, 15) is 9.18 Å². The summed E-state index contributed by atoms with van der Waals surface area (Å²) in [5, 5.41) is 8.10. The molecule has 0 radical (unpaired) electrons. The topological polar surface area (TPSA) is 112 Å². The number of rotatable bonds is 5. The number of aromatic nitrogens is 5. The molecule has 5 rings (SSSR count). The Morgan fingerprint density at radius 3 is 2.74 bits per heavy atom. The smallest absolute Gasteiger partial charge is 0.274 e. The lowest BCUT2D eigenvalue weighted by molar-refractivity contribution is 0.0946. The van der Waals surface area contributed by atoms with Gasteiger partial charge in [-0.15, -0.1) is 0 Å². The van der Waals surface area contributed by atoms with E-state index in [0.717, 1.165) is 16.5 Å². The van der Waals surface area contributed by atoms with Crippen LogP contribution in [0.2, 0.25) is 0 Å². The van der Waals surface area contributed by atoms with Crippen molar-refractivity contribution in [2.75, 3.05) is 5.73 Å². The molecule has 0 atom stereocenters. The second kappa shape index (κ2) is 8.70.